The second-order valence-corrected chi connectivity index (χ2v) is 7.00. The van der Waals surface area contributed by atoms with Crippen LogP contribution in [0.15, 0.2) is 77.7 Å². The highest BCUT2D eigenvalue weighted by molar-refractivity contribution is 7.98. The Morgan fingerprint density at radius 2 is 1.74 bits per heavy atom. The van der Waals surface area contributed by atoms with Gasteiger partial charge in [-0.1, -0.05) is 48.5 Å². The van der Waals surface area contributed by atoms with Crippen molar-refractivity contribution < 1.29 is 9.72 Å². The molecule has 0 aliphatic rings. The van der Waals surface area contributed by atoms with Gasteiger partial charge in [0.05, 0.1) is 16.2 Å². The number of nitro benzene ring substituents is 1. The summed E-state index contributed by atoms with van der Waals surface area (Å²) in [5, 5.41) is 13.8. The summed E-state index contributed by atoms with van der Waals surface area (Å²) in [4.78, 5) is 24.2. The van der Waals surface area contributed by atoms with Crippen LogP contribution in [-0.2, 0) is 5.75 Å². The number of anilines is 1. The van der Waals surface area contributed by atoms with Crippen molar-refractivity contribution in [3.05, 3.63) is 99.6 Å². The van der Waals surface area contributed by atoms with Gasteiger partial charge in [0.15, 0.2) is 0 Å². The highest BCUT2D eigenvalue weighted by atomic mass is 32.2. The number of amides is 1. The van der Waals surface area contributed by atoms with Gasteiger partial charge in [0, 0.05) is 22.8 Å². The number of nitro groups is 1. The zero-order chi connectivity index (χ0) is 19.2. The van der Waals surface area contributed by atoms with Crippen LogP contribution < -0.4 is 5.32 Å². The molecule has 0 spiro atoms. The number of carbonyl (C=O) groups excluding carboxylic acids is 1. The van der Waals surface area contributed by atoms with E-state index in [2.05, 4.69) is 5.32 Å². The summed E-state index contributed by atoms with van der Waals surface area (Å²) in [6, 6.07) is 21.8. The van der Waals surface area contributed by atoms with Crippen LogP contribution in [0.5, 0.6) is 0 Å². The smallest absolute Gasteiger partial charge is 0.271 e. The van der Waals surface area contributed by atoms with Gasteiger partial charge in [-0.2, -0.15) is 0 Å². The topological polar surface area (TPSA) is 72.2 Å². The maximum absolute atomic E-state index is 12.8. The highest BCUT2D eigenvalue weighted by Gasteiger charge is 2.15. The first kappa shape index (κ1) is 18.7. The number of non-ortho nitro benzene ring substituents is 1. The van der Waals surface area contributed by atoms with Gasteiger partial charge >= 0.3 is 0 Å². The van der Waals surface area contributed by atoms with Gasteiger partial charge in [-0.05, 0) is 30.2 Å². The van der Waals surface area contributed by atoms with Gasteiger partial charge in [0.25, 0.3) is 11.6 Å². The molecule has 1 amide bonds. The second-order valence-electron chi connectivity index (χ2n) is 5.98. The number of benzene rings is 3. The second kappa shape index (κ2) is 8.51. The van der Waals surface area contributed by atoms with E-state index in [-0.39, 0.29) is 11.6 Å². The molecule has 27 heavy (non-hydrogen) atoms. The number of aryl methyl sites for hydroxylation is 1. The van der Waals surface area contributed by atoms with Gasteiger partial charge in [-0.3, -0.25) is 14.9 Å². The number of nitrogens with one attached hydrogen (secondary N) is 1. The van der Waals surface area contributed by atoms with Crippen molar-refractivity contribution in [2.45, 2.75) is 17.6 Å². The fourth-order valence-electron chi connectivity index (χ4n) is 2.56. The average Bonchev–Trinajstić information content (AvgIpc) is 2.69. The van der Waals surface area contributed by atoms with E-state index < -0.39 is 4.92 Å². The molecule has 0 atom stereocenters. The zero-order valence-corrected chi connectivity index (χ0v) is 15.5. The summed E-state index contributed by atoms with van der Waals surface area (Å²) in [6.45, 7) is 1.80. The quantitative estimate of drug-likeness (QED) is 0.352. The molecule has 0 aliphatic heterocycles. The lowest BCUT2D eigenvalue weighted by atomic mass is 10.1. The molecule has 0 unspecified atom stereocenters. The number of hydrogen-bond acceptors (Lipinski definition) is 4. The third-order valence-electron chi connectivity index (χ3n) is 4.05. The van der Waals surface area contributed by atoms with Gasteiger partial charge in [0.1, 0.15) is 0 Å². The first-order valence-corrected chi connectivity index (χ1v) is 9.35. The maximum Gasteiger partial charge on any atom is 0.271 e. The van der Waals surface area contributed by atoms with Crippen molar-refractivity contribution in [2.75, 3.05) is 5.32 Å². The predicted molar refractivity (Wildman–Crippen MR) is 108 cm³/mol. The molecule has 0 aliphatic carbocycles. The number of thioether (sulfide) groups is 1. The van der Waals surface area contributed by atoms with E-state index in [4.69, 9.17) is 0 Å². The Morgan fingerprint density at radius 1 is 1.04 bits per heavy atom. The average molecular weight is 378 g/mol. The lowest BCUT2D eigenvalue weighted by Crippen LogP contribution is -2.14. The minimum Gasteiger partial charge on any atom is -0.321 e. The molecule has 6 heteroatoms. The van der Waals surface area contributed by atoms with Gasteiger partial charge in [-0.15, -0.1) is 11.8 Å². The first-order chi connectivity index (χ1) is 13.0. The summed E-state index contributed by atoms with van der Waals surface area (Å²) >= 11 is 1.58. The van der Waals surface area contributed by atoms with E-state index in [1.165, 1.54) is 17.7 Å². The maximum atomic E-state index is 12.8. The van der Waals surface area contributed by atoms with Crippen molar-refractivity contribution >= 4 is 29.0 Å². The number of hydrogen-bond donors (Lipinski definition) is 1. The minimum absolute atomic E-state index is 0.0531. The van der Waals surface area contributed by atoms with E-state index >= 15 is 0 Å². The Balaban J connectivity index is 1.79. The van der Waals surface area contributed by atoms with Crippen LogP contribution in [0.3, 0.4) is 0 Å². The van der Waals surface area contributed by atoms with Crippen LogP contribution in [0.25, 0.3) is 0 Å². The van der Waals surface area contributed by atoms with E-state index in [0.717, 1.165) is 16.2 Å². The summed E-state index contributed by atoms with van der Waals surface area (Å²) < 4.78 is 0. The Morgan fingerprint density at radius 3 is 2.48 bits per heavy atom. The van der Waals surface area contributed by atoms with Gasteiger partial charge in [0.2, 0.25) is 0 Å². The van der Waals surface area contributed by atoms with Crippen molar-refractivity contribution in [3.8, 4) is 0 Å². The molecule has 136 valence electrons. The summed E-state index contributed by atoms with van der Waals surface area (Å²) in [6.07, 6.45) is 0. The van der Waals surface area contributed by atoms with Crippen LogP contribution in [0.1, 0.15) is 21.5 Å². The molecular weight excluding hydrogens is 360 g/mol. The molecule has 0 radical (unpaired) electrons. The Bertz CT molecular complexity index is 974. The molecule has 0 saturated heterocycles. The zero-order valence-electron chi connectivity index (χ0n) is 14.7. The van der Waals surface area contributed by atoms with E-state index in [0.29, 0.717) is 11.3 Å². The molecule has 0 aromatic heterocycles. The van der Waals surface area contributed by atoms with Crippen molar-refractivity contribution in [1.29, 1.82) is 0 Å². The van der Waals surface area contributed by atoms with E-state index in [9.17, 15) is 14.9 Å². The number of carbonyl (C=O) groups is 1. The molecule has 0 saturated carbocycles. The molecular formula is C21H18N2O3S. The largest absolute Gasteiger partial charge is 0.321 e. The van der Waals surface area contributed by atoms with E-state index in [1.54, 1.807) is 30.8 Å². The van der Waals surface area contributed by atoms with Gasteiger partial charge in [-0.25, -0.2) is 0 Å². The molecule has 3 rings (SSSR count). The molecule has 3 aromatic rings. The molecule has 5 nitrogen and oxygen atoms in total. The van der Waals surface area contributed by atoms with Crippen molar-refractivity contribution in [2.24, 2.45) is 0 Å². The van der Waals surface area contributed by atoms with Crippen molar-refractivity contribution in [3.63, 3.8) is 0 Å². The third-order valence-corrected chi connectivity index (χ3v) is 5.19. The molecule has 3 aromatic carbocycles. The lowest BCUT2D eigenvalue weighted by Gasteiger charge is -2.11. The van der Waals surface area contributed by atoms with Crippen molar-refractivity contribution in [1.82, 2.24) is 0 Å². The number of nitrogens with zero attached hydrogens (tertiary/aromatic N) is 1. The van der Waals surface area contributed by atoms with Crippen LogP contribution in [0.2, 0.25) is 0 Å². The Kier molecular flexibility index (Phi) is 5.88. The van der Waals surface area contributed by atoms with Crippen LogP contribution in [0.4, 0.5) is 11.4 Å². The van der Waals surface area contributed by atoms with E-state index in [1.807, 2.05) is 48.5 Å². The summed E-state index contributed by atoms with van der Waals surface area (Å²) in [5.41, 5.74) is 2.87. The normalized spacial score (nSPS) is 10.4. The van der Waals surface area contributed by atoms with Gasteiger partial charge < -0.3 is 5.32 Å². The highest BCUT2D eigenvalue weighted by Crippen LogP contribution is 2.28. The standard InChI is InChI=1S/C21H18N2O3S/c1-15-11-12-17(23(25)26)13-19(15)22-21(24)18-9-5-6-10-20(18)27-14-16-7-3-2-4-8-16/h2-13H,14H2,1H3,(H,22,24). The predicted octanol–water partition coefficient (Wildman–Crippen LogP) is 5.45. The van der Waals surface area contributed by atoms with Crippen LogP contribution in [-0.4, -0.2) is 10.8 Å². The summed E-state index contributed by atoms with van der Waals surface area (Å²) in [5.74, 6) is 0.468. The Hall–Kier alpha value is -3.12. The molecule has 0 heterocycles. The first-order valence-electron chi connectivity index (χ1n) is 8.37. The van der Waals surface area contributed by atoms with Crippen LogP contribution in [0, 0.1) is 17.0 Å². The molecule has 1 N–H and O–H groups in total. The Labute approximate surface area is 161 Å². The summed E-state index contributed by atoms with van der Waals surface area (Å²) in [7, 11) is 0. The minimum atomic E-state index is -0.473. The molecule has 0 fully saturated rings. The number of rotatable bonds is 6. The fourth-order valence-corrected chi connectivity index (χ4v) is 3.57. The fraction of sp³-hybridized carbons (Fsp3) is 0.0952. The SMILES string of the molecule is Cc1ccc([N+](=O)[O-])cc1NC(=O)c1ccccc1SCc1ccccc1. The molecule has 0 bridgehead atoms. The van der Waals surface area contributed by atoms with Crippen LogP contribution >= 0.6 is 11.8 Å². The third kappa shape index (κ3) is 4.74. The lowest BCUT2D eigenvalue weighted by molar-refractivity contribution is -0.384. The monoisotopic (exact) mass is 378 g/mol.